The van der Waals surface area contributed by atoms with E-state index in [1.165, 1.54) is 6.26 Å². The van der Waals surface area contributed by atoms with Crippen molar-refractivity contribution in [1.82, 2.24) is 20.1 Å². The number of hydrogen-bond acceptors (Lipinski definition) is 6. The van der Waals surface area contributed by atoms with Gasteiger partial charge in [0.25, 0.3) is 5.91 Å². The lowest BCUT2D eigenvalue weighted by Gasteiger charge is -2.27. The van der Waals surface area contributed by atoms with Crippen molar-refractivity contribution in [2.24, 2.45) is 11.8 Å². The first kappa shape index (κ1) is 33.8. The minimum absolute atomic E-state index is 0.0153. The number of ether oxygens (including phenoxy) is 1. The van der Waals surface area contributed by atoms with Gasteiger partial charge in [0, 0.05) is 43.7 Å². The van der Waals surface area contributed by atoms with E-state index >= 15 is 0 Å². The molecule has 2 aromatic heterocycles. The van der Waals surface area contributed by atoms with Gasteiger partial charge in [-0.25, -0.2) is 8.42 Å². The Balaban J connectivity index is 1.88. The SMILES string of the molecule is CCn1nc(C(=O)NCC2CCC(S(C)(=O)=O)CC2)c(Cl)c1-c1cnc(CC(C(F)(F)F)C(F)(F)F)cc1OC(F)F. The van der Waals surface area contributed by atoms with Gasteiger partial charge >= 0.3 is 19.0 Å². The first-order valence-electron chi connectivity index (χ1n) is 12.6. The van der Waals surface area contributed by atoms with Crippen LogP contribution in [0.25, 0.3) is 11.3 Å². The van der Waals surface area contributed by atoms with Crippen molar-refractivity contribution in [1.29, 1.82) is 0 Å². The Morgan fingerprint density at radius 3 is 2.24 bits per heavy atom. The summed E-state index contributed by atoms with van der Waals surface area (Å²) in [6, 6.07) is 0.530. The summed E-state index contributed by atoms with van der Waals surface area (Å²) in [6.45, 7) is -1.76. The minimum atomic E-state index is -5.68. The number of aromatic nitrogens is 3. The van der Waals surface area contributed by atoms with E-state index in [1.54, 1.807) is 6.92 Å². The van der Waals surface area contributed by atoms with Gasteiger partial charge in [-0.15, -0.1) is 0 Å². The Morgan fingerprint density at radius 1 is 1.14 bits per heavy atom. The number of sulfone groups is 1. The standard InChI is InChI=1S/C24H27ClF8N4O4S/c1-3-37-20(18(25)19(36-37)21(38)35-10-12-4-6-14(7-5-12)42(2,39)40)15-11-34-13(8-16(15)41-22(26)27)9-17(23(28,29)30)24(31,32)33/h8,11-12,14,17,22H,3-7,9-10H2,1-2H3,(H,35,38). The van der Waals surface area contributed by atoms with E-state index in [-0.39, 0.29) is 41.0 Å². The summed E-state index contributed by atoms with van der Waals surface area (Å²) in [7, 11) is -3.17. The lowest BCUT2D eigenvalue weighted by atomic mass is 9.89. The minimum Gasteiger partial charge on any atom is -0.434 e. The Hall–Kier alpha value is -2.69. The van der Waals surface area contributed by atoms with Crippen molar-refractivity contribution in [3.8, 4) is 17.0 Å². The molecule has 0 aliphatic heterocycles. The zero-order chi connectivity index (χ0) is 31.6. The molecule has 2 aromatic rings. The zero-order valence-corrected chi connectivity index (χ0v) is 23.8. The second kappa shape index (κ2) is 12.9. The van der Waals surface area contributed by atoms with Crippen molar-refractivity contribution >= 4 is 27.3 Å². The lowest BCUT2D eigenvalue weighted by Crippen LogP contribution is -2.38. The summed E-state index contributed by atoms with van der Waals surface area (Å²) in [5, 5.41) is 5.96. The van der Waals surface area contributed by atoms with Crippen LogP contribution in [-0.2, 0) is 22.8 Å². The number of pyridine rings is 1. The average Bonchev–Trinajstić information content (AvgIpc) is 3.20. The molecule has 0 spiro atoms. The van der Waals surface area contributed by atoms with Crippen molar-refractivity contribution in [2.45, 2.75) is 69.8 Å². The first-order chi connectivity index (χ1) is 19.3. The Kier molecular flexibility index (Phi) is 10.4. The van der Waals surface area contributed by atoms with E-state index in [4.69, 9.17) is 11.6 Å². The molecular formula is C24H27ClF8N4O4S. The van der Waals surface area contributed by atoms with Gasteiger partial charge in [-0.1, -0.05) is 11.6 Å². The van der Waals surface area contributed by atoms with E-state index in [0.29, 0.717) is 31.7 Å². The third-order valence-electron chi connectivity index (χ3n) is 6.96. The number of halogens is 9. The molecule has 236 valence electrons. The summed E-state index contributed by atoms with van der Waals surface area (Å²) in [4.78, 5) is 16.5. The second-order valence-electron chi connectivity index (χ2n) is 9.90. The normalized spacial score (nSPS) is 18.5. The molecule has 8 nitrogen and oxygen atoms in total. The van der Waals surface area contributed by atoms with Crippen molar-refractivity contribution < 1.29 is 53.1 Å². The molecule has 1 aliphatic carbocycles. The van der Waals surface area contributed by atoms with Crippen molar-refractivity contribution in [3.05, 3.63) is 28.7 Å². The average molecular weight is 655 g/mol. The Morgan fingerprint density at radius 2 is 1.74 bits per heavy atom. The summed E-state index contributed by atoms with van der Waals surface area (Å²) < 4.78 is 134. The number of aryl methyl sites for hydroxylation is 1. The summed E-state index contributed by atoms with van der Waals surface area (Å²) in [5.41, 5.74) is -1.65. The van der Waals surface area contributed by atoms with Crippen LogP contribution in [0.5, 0.6) is 5.75 Å². The fraction of sp³-hybridized carbons (Fsp3) is 0.625. The predicted octanol–water partition coefficient (Wildman–Crippen LogP) is 5.84. The topological polar surface area (TPSA) is 103 Å². The molecule has 0 atom stereocenters. The highest BCUT2D eigenvalue weighted by Crippen LogP contribution is 2.43. The molecule has 0 radical (unpaired) electrons. The van der Waals surface area contributed by atoms with Crippen LogP contribution in [-0.4, -0.2) is 66.1 Å². The molecule has 18 heteroatoms. The van der Waals surface area contributed by atoms with Crippen LogP contribution in [0.4, 0.5) is 35.1 Å². The van der Waals surface area contributed by atoms with Gasteiger partial charge in [0.05, 0.1) is 21.5 Å². The van der Waals surface area contributed by atoms with E-state index < -0.39 is 63.7 Å². The van der Waals surface area contributed by atoms with E-state index in [2.05, 4.69) is 20.1 Å². The van der Waals surface area contributed by atoms with Crippen LogP contribution in [0.15, 0.2) is 12.3 Å². The molecule has 3 rings (SSSR count). The lowest BCUT2D eigenvalue weighted by molar-refractivity contribution is -0.283. The monoisotopic (exact) mass is 654 g/mol. The van der Waals surface area contributed by atoms with Crippen molar-refractivity contribution in [2.75, 3.05) is 12.8 Å². The van der Waals surface area contributed by atoms with Crippen LogP contribution in [0, 0.1) is 11.8 Å². The van der Waals surface area contributed by atoms with Gasteiger partial charge < -0.3 is 10.1 Å². The van der Waals surface area contributed by atoms with Gasteiger partial charge in [-0.2, -0.15) is 40.2 Å². The smallest absolute Gasteiger partial charge is 0.400 e. The maximum Gasteiger partial charge on any atom is 0.400 e. The van der Waals surface area contributed by atoms with Gasteiger partial charge in [0.2, 0.25) is 0 Å². The fourth-order valence-electron chi connectivity index (χ4n) is 4.74. The predicted molar refractivity (Wildman–Crippen MR) is 135 cm³/mol. The Labute approximate surface area is 240 Å². The van der Waals surface area contributed by atoms with E-state index in [1.807, 2.05) is 0 Å². The molecule has 0 aromatic carbocycles. The largest absolute Gasteiger partial charge is 0.434 e. The third kappa shape index (κ3) is 8.23. The van der Waals surface area contributed by atoms with Gasteiger partial charge in [0.15, 0.2) is 11.6 Å². The molecule has 0 unspecified atom stereocenters. The van der Waals surface area contributed by atoms with Crippen molar-refractivity contribution in [3.63, 3.8) is 0 Å². The molecular weight excluding hydrogens is 628 g/mol. The van der Waals surface area contributed by atoms with E-state index in [0.717, 1.165) is 10.9 Å². The number of rotatable bonds is 10. The third-order valence-corrected chi connectivity index (χ3v) is 9.00. The van der Waals surface area contributed by atoms with Crippen LogP contribution in [0.1, 0.15) is 48.8 Å². The van der Waals surface area contributed by atoms with Crippen LogP contribution in [0.3, 0.4) is 0 Å². The number of nitrogens with zero attached hydrogens (tertiary/aromatic N) is 3. The first-order valence-corrected chi connectivity index (χ1v) is 15.0. The van der Waals surface area contributed by atoms with Gasteiger partial charge in [-0.05, 0) is 38.5 Å². The molecule has 2 heterocycles. The van der Waals surface area contributed by atoms with E-state index in [9.17, 15) is 48.3 Å². The highest BCUT2D eigenvalue weighted by molar-refractivity contribution is 7.91. The number of carbonyl (C=O) groups is 1. The molecule has 1 amide bonds. The molecule has 42 heavy (non-hydrogen) atoms. The number of carbonyl (C=O) groups excluding carboxylic acids is 1. The maximum atomic E-state index is 13.2. The fourth-order valence-corrected chi connectivity index (χ4v) is 6.19. The van der Waals surface area contributed by atoms with Crippen LogP contribution in [0.2, 0.25) is 5.02 Å². The molecule has 1 N–H and O–H groups in total. The molecule has 0 bridgehead atoms. The summed E-state index contributed by atoms with van der Waals surface area (Å²) in [5.74, 6) is -5.37. The Bertz CT molecular complexity index is 1360. The highest BCUT2D eigenvalue weighted by Gasteiger charge is 2.56. The second-order valence-corrected chi connectivity index (χ2v) is 12.6. The number of amides is 1. The number of alkyl halides is 8. The van der Waals surface area contributed by atoms with Crippen LogP contribution < -0.4 is 10.1 Å². The zero-order valence-electron chi connectivity index (χ0n) is 22.2. The van der Waals surface area contributed by atoms with Gasteiger partial charge in [0.1, 0.15) is 15.6 Å². The summed E-state index contributed by atoms with van der Waals surface area (Å²) in [6.07, 6.45) is -9.15. The maximum absolute atomic E-state index is 13.2. The molecule has 1 fully saturated rings. The molecule has 0 saturated heterocycles. The van der Waals surface area contributed by atoms with Gasteiger partial charge in [-0.3, -0.25) is 14.5 Å². The molecule has 1 aliphatic rings. The highest BCUT2D eigenvalue weighted by atomic mass is 35.5. The van der Waals surface area contributed by atoms with Crippen LogP contribution >= 0.6 is 11.6 Å². The number of nitrogens with one attached hydrogen (secondary N) is 1. The summed E-state index contributed by atoms with van der Waals surface area (Å²) >= 11 is 6.40. The molecule has 1 saturated carbocycles. The quantitative estimate of drug-likeness (QED) is 0.323. The number of hydrogen-bond donors (Lipinski definition) is 1.